The molecule has 3 rings (SSSR count). The van der Waals surface area contributed by atoms with Crippen LogP contribution in [-0.2, 0) is 0 Å². The molecule has 0 spiro atoms. The zero-order valence-electron chi connectivity index (χ0n) is 9.76. The van der Waals surface area contributed by atoms with E-state index >= 15 is 0 Å². The van der Waals surface area contributed by atoms with Crippen LogP contribution in [0, 0.1) is 11.3 Å². The lowest BCUT2D eigenvalue weighted by Gasteiger charge is -2.37. The summed E-state index contributed by atoms with van der Waals surface area (Å²) in [5, 5.41) is 9.16. The summed E-state index contributed by atoms with van der Waals surface area (Å²) in [6, 6.07) is 6.93. The first-order valence-electron chi connectivity index (χ1n) is 6.09. The van der Waals surface area contributed by atoms with E-state index in [1.165, 1.54) is 18.4 Å². The standard InChI is InChI=1S/C14H15N3/c1-10-7-12-4-5-13(8-10)17(12)14-11(9-15)3-2-6-16-14/h2-3,6,12-13H,1,4-5,7-8H2. The first kappa shape index (κ1) is 10.3. The molecule has 2 saturated heterocycles. The van der Waals surface area contributed by atoms with E-state index in [-0.39, 0.29) is 0 Å². The number of hydrogen-bond donors (Lipinski definition) is 0. The second-order valence-corrected chi connectivity index (χ2v) is 4.94. The Bertz CT molecular complexity index is 484. The predicted molar refractivity (Wildman–Crippen MR) is 66.6 cm³/mol. The molecular formula is C14H15N3. The molecule has 2 unspecified atom stereocenters. The van der Waals surface area contributed by atoms with Gasteiger partial charge in [0.1, 0.15) is 11.9 Å². The predicted octanol–water partition coefficient (Wildman–Crippen LogP) is 2.64. The van der Waals surface area contributed by atoms with Crippen molar-refractivity contribution in [1.29, 1.82) is 5.26 Å². The number of nitrogens with zero attached hydrogens (tertiary/aromatic N) is 3. The van der Waals surface area contributed by atoms with Gasteiger partial charge in [0.05, 0.1) is 5.56 Å². The molecule has 0 aromatic carbocycles. The van der Waals surface area contributed by atoms with E-state index in [0.29, 0.717) is 17.6 Å². The summed E-state index contributed by atoms with van der Waals surface area (Å²) in [5.74, 6) is 0.870. The molecule has 2 atom stereocenters. The highest BCUT2D eigenvalue weighted by Gasteiger charge is 2.39. The van der Waals surface area contributed by atoms with Crippen LogP contribution in [0.15, 0.2) is 30.5 Å². The maximum atomic E-state index is 9.16. The van der Waals surface area contributed by atoms with Crippen molar-refractivity contribution < 1.29 is 0 Å². The van der Waals surface area contributed by atoms with Gasteiger partial charge in [-0.15, -0.1) is 0 Å². The van der Waals surface area contributed by atoms with Gasteiger partial charge in [0.2, 0.25) is 0 Å². The molecule has 2 fully saturated rings. The summed E-state index contributed by atoms with van der Waals surface area (Å²) >= 11 is 0. The molecular weight excluding hydrogens is 210 g/mol. The van der Waals surface area contributed by atoms with Gasteiger partial charge in [0.15, 0.2) is 0 Å². The second-order valence-electron chi connectivity index (χ2n) is 4.94. The smallest absolute Gasteiger partial charge is 0.146 e. The number of aromatic nitrogens is 1. The number of rotatable bonds is 1. The third-order valence-electron chi connectivity index (χ3n) is 3.82. The van der Waals surface area contributed by atoms with Gasteiger partial charge in [0, 0.05) is 18.3 Å². The number of piperidine rings is 1. The van der Waals surface area contributed by atoms with Gasteiger partial charge in [-0.3, -0.25) is 0 Å². The van der Waals surface area contributed by atoms with Gasteiger partial charge < -0.3 is 4.90 Å². The first-order chi connectivity index (χ1) is 8.29. The van der Waals surface area contributed by atoms with Gasteiger partial charge in [-0.2, -0.15) is 5.26 Å². The molecule has 3 heterocycles. The van der Waals surface area contributed by atoms with E-state index in [0.717, 1.165) is 18.7 Å². The monoisotopic (exact) mass is 225 g/mol. The van der Waals surface area contributed by atoms with Crippen LogP contribution in [0.2, 0.25) is 0 Å². The van der Waals surface area contributed by atoms with Crippen LogP contribution in [0.3, 0.4) is 0 Å². The van der Waals surface area contributed by atoms with Gasteiger partial charge >= 0.3 is 0 Å². The van der Waals surface area contributed by atoms with Crippen LogP contribution in [0.25, 0.3) is 0 Å². The Kier molecular flexibility index (Phi) is 2.36. The Morgan fingerprint density at radius 2 is 2.06 bits per heavy atom. The molecule has 0 aliphatic carbocycles. The Balaban J connectivity index is 2.00. The highest BCUT2D eigenvalue weighted by molar-refractivity contribution is 5.56. The summed E-state index contributed by atoms with van der Waals surface area (Å²) in [5.41, 5.74) is 2.04. The van der Waals surface area contributed by atoms with Crippen molar-refractivity contribution in [2.75, 3.05) is 4.90 Å². The first-order valence-corrected chi connectivity index (χ1v) is 6.09. The van der Waals surface area contributed by atoms with Gasteiger partial charge in [-0.05, 0) is 37.8 Å². The summed E-state index contributed by atoms with van der Waals surface area (Å²) < 4.78 is 0. The average molecular weight is 225 g/mol. The van der Waals surface area contributed by atoms with Crippen LogP contribution in [-0.4, -0.2) is 17.1 Å². The van der Waals surface area contributed by atoms with Crippen LogP contribution in [0.5, 0.6) is 0 Å². The van der Waals surface area contributed by atoms with Crippen molar-refractivity contribution in [2.24, 2.45) is 0 Å². The lowest BCUT2D eigenvalue weighted by molar-refractivity contribution is 0.545. The van der Waals surface area contributed by atoms with Crippen molar-refractivity contribution in [3.63, 3.8) is 0 Å². The highest BCUT2D eigenvalue weighted by atomic mass is 15.3. The van der Waals surface area contributed by atoms with Gasteiger partial charge in [0.25, 0.3) is 0 Å². The molecule has 2 aliphatic heterocycles. The molecule has 2 aliphatic rings. The Labute approximate surface area is 101 Å². The second kappa shape index (κ2) is 3.89. The Morgan fingerprint density at radius 1 is 1.35 bits per heavy atom. The molecule has 3 nitrogen and oxygen atoms in total. The van der Waals surface area contributed by atoms with Crippen molar-refractivity contribution in [1.82, 2.24) is 4.98 Å². The quantitative estimate of drug-likeness (QED) is 0.690. The van der Waals surface area contributed by atoms with Crippen LogP contribution in [0.1, 0.15) is 31.2 Å². The summed E-state index contributed by atoms with van der Waals surface area (Å²) in [4.78, 5) is 6.77. The van der Waals surface area contributed by atoms with Crippen molar-refractivity contribution in [2.45, 2.75) is 37.8 Å². The zero-order valence-corrected chi connectivity index (χ0v) is 9.76. The fourth-order valence-electron chi connectivity index (χ4n) is 3.15. The van der Waals surface area contributed by atoms with Crippen LogP contribution in [0.4, 0.5) is 5.82 Å². The number of nitriles is 1. The molecule has 3 heteroatoms. The summed E-state index contributed by atoms with van der Waals surface area (Å²) in [7, 11) is 0. The number of fused-ring (bicyclic) bond motifs is 2. The third-order valence-corrected chi connectivity index (χ3v) is 3.82. The van der Waals surface area contributed by atoms with E-state index in [4.69, 9.17) is 5.26 Å². The fraction of sp³-hybridized carbons (Fsp3) is 0.429. The number of hydrogen-bond acceptors (Lipinski definition) is 3. The Hall–Kier alpha value is -1.82. The Morgan fingerprint density at radius 3 is 2.71 bits per heavy atom. The normalized spacial score (nSPS) is 27.0. The zero-order chi connectivity index (χ0) is 11.8. The lowest BCUT2D eigenvalue weighted by Crippen LogP contribution is -2.41. The third kappa shape index (κ3) is 1.61. The van der Waals surface area contributed by atoms with Crippen molar-refractivity contribution >= 4 is 5.82 Å². The minimum absolute atomic E-state index is 0.503. The molecule has 1 aromatic heterocycles. The van der Waals surface area contributed by atoms with Crippen molar-refractivity contribution in [3.05, 3.63) is 36.0 Å². The molecule has 0 radical (unpaired) electrons. The van der Waals surface area contributed by atoms with Crippen molar-refractivity contribution in [3.8, 4) is 6.07 Å². The summed E-state index contributed by atoms with van der Waals surface area (Å²) in [6.07, 6.45) is 6.28. The molecule has 86 valence electrons. The molecule has 0 amide bonds. The fourth-order valence-corrected chi connectivity index (χ4v) is 3.15. The SMILES string of the molecule is C=C1CC2CCC(C1)N2c1ncccc1C#N. The van der Waals surface area contributed by atoms with E-state index < -0.39 is 0 Å². The topological polar surface area (TPSA) is 39.9 Å². The summed E-state index contributed by atoms with van der Waals surface area (Å²) in [6.45, 7) is 4.11. The largest absolute Gasteiger partial charge is 0.349 e. The molecule has 17 heavy (non-hydrogen) atoms. The lowest BCUT2D eigenvalue weighted by atomic mass is 9.98. The number of pyridine rings is 1. The minimum Gasteiger partial charge on any atom is -0.349 e. The van der Waals surface area contributed by atoms with E-state index in [9.17, 15) is 0 Å². The van der Waals surface area contributed by atoms with E-state index in [2.05, 4.69) is 22.5 Å². The molecule has 2 bridgehead atoms. The van der Waals surface area contributed by atoms with Crippen LogP contribution < -0.4 is 4.90 Å². The number of anilines is 1. The highest BCUT2D eigenvalue weighted by Crippen LogP contribution is 2.40. The van der Waals surface area contributed by atoms with Gasteiger partial charge in [-0.25, -0.2) is 4.98 Å². The van der Waals surface area contributed by atoms with E-state index in [1.54, 1.807) is 6.20 Å². The molecule has 0 saturated carbocycles. The van der Waals surface area contributed by atoms with E-state index in [1.807, 2.05) is 12.1 Å². The molecule has 0 N–H and O–H groups in total. The minimum atomic E-state index is 0.503. The van der Waals surface area contributed by atoms with Gasteiger partial charge in [-0.1, -0.05) is 12.2 Å². The average Bonchev–Trinajstić information content (AvgIpc) is 2.61. The van der Waals surface area contributed by atoms with Crippen LogP contribution >= 0.6 is 0 Å². The molecule has 1 aromatic rings. The maximum Gasteiger partial charge on any atom is 0.146 e. The maximum absolute atomic E-state index is 9.16.